The van der Waals surface area contributed by atoms with Gasteiger partial charge in [0.15, 0.2) is 0 Å². The van der Waals surface area contributed by atoms with Crippen LogP contribution in [0.2, 0.25) is 0 Å². The van der Waals surface area contributed by atoms with Gasteiger partial charge in [-0.3, -0.25) is 4.90 Å². The van der Waals surface area contributed by atoms with Gasteiger partial charge < -0.3 is 0 Å². The van der Waals surface area contributed by atoms with Crippen molar-refractivity contribution >= 4 is 0 Å². The molecule has 0 aromatic heterocycles. The first kappa shape index (κ1) is 10.5. The molecule has 0 N–H and O–H groups in total. The van der Waals surface area contributed by atoms with Gasteiger partial charge in [-0.05, 0) is 44.6 Å². The van der Waals surface area contributed by atoms with Crippen LogP contribution in [-0.4, -0.2) is 23.5 Å². The Morgan fingerprint density at radius 2 is 2.00 bits per heavy atom. The van der Waals surface area contributed by atoms with Crippen molar-refractivity contribution in [3.05, 3.63) is 0 Å². The molecule has 2 aliphatic rings. The van der Waals surface area contributed by atoms with Crippen LogP contribution in [0.25, 0.3) is 0 Å². The van der Waals surface area contributed by atoms with E-state index in [1.165, 1.54) is 51.5 Å². The van der Waals surface area contributed by atoms with E-state index in [1.54, 1.807) is 0 Å². The molecule has 0 spiro atoms. The summed E-state index contributed by atoms with van der Waals surface area (Å²) in [5, 5.41) is 0. The third-order valence-electron chi connectivity index (χ3n) is 4.29. The molecule has 1 aliphatic carbocycles. The second-order valence-corrected chi connectivity index (χ2v) is 5.30. The number of rotatable bonds is 4. The summed E-state index contributed by atoms with van der Waals surface area (Å²) in [6.07, 6.45) is 10.2. The summed E-state index contributed by atoms with van der Waals surface area (Å²) in [6, 6.07) is 1.90. The van der Waals surface area contributed by atoms with E-state index >= 15 is 0 Å². The number of hydrogen-bond donors (Lipinski definition) is 0. The molecule has 0 aromatic rings. The Hall–Kier alpha value is -0.0400. The summed E-state index contributed by atoms with van der Waals surface area (Å²) < 4.78 is 0. The molecule has 1 heteroatoms. The second kappa shape index (κ2) is 4.65. The summed E-state index contributed by atoms with van der Waals surface area (Å²) in [5.74, 6) is 0.933. The number of hydrogen-bond acceptors (Lipinski definition) is 1. The van der Waals surface area contributed by atoms with Crippen LogP contribution in [0.1, 0.15) is 58.8 Å². The highest BCUT2D eigenvalue weighted by Crippen LogP contribution is 2.35. The second-order valence-electron chi connectivity index (χ2n) is 5.30. The Morgan fingerprint density at radius 1 is 1.21 bits per heavy atom. The lowest BCUT2D eigenvalue weighted by molar-refractivity contribution is 0.0851. The van der Waals surface area contributed by atoms with Gasteiger partial charge in [0.2, 0.25) is 0 Å². The van der Waals surface area contributed by atoms with Crippen LogP contribution in [0.15, 0.2) is 0 Å². The fourth-order valence-corrected chi connectivity index (χ4v) is 3.25. The Kier molecular flexibility index (Phi) is 3.48. The minimum atomic E-state index is 0.931. The fourth-order valence-electron chi connectivity index (χ4n) is 3.25. The minimum absolute atomic E-state index is 0.931. The normalized spacial score (nSPS) is 31.7. The van der Waals surface area contributed by atoms with E-state index in [1.807, 2.05) is 0 Å². The first-order valence-electron chi connectivity index (χ1n) is 6.58. The van der Waals surface area contributed by atoms with Crippen LogP contribution in [0.5, 0.6) is 0 Å². The molecule has 1 aliphatic heterocycles. The maximum Gasteiger partial charge on any atom is 0.0124 e. The molecular formula is C13H25N. The predicted molar refractivity (Wildman–Crippen MR) is 61.4 cm³/mol. The third kappa shape index (κ3) is 1.98. The van der Waals surface area contributed by atoms with Crippen LogP contribution in [0, 0.1) is 5.92 Å². The van der Waals surface area contributed by atoms with Crippen LogP contribution in [-0.2, 0) is 0 Å². The van der Waals surface area contributed by atoms with E-state index in [0.717, 1.165) is 18.0 Å². The molecule has 1 heterocycles. The molecule has 0 radical (unpaired) electrons. The molecule has 0 bridgehead atoms. The average molecular weight is 195 g/mol. The van der Waals surface area contributed by atoms with Gasteiger partial charge in [-0.1, -0.05) is 26.7 Å². The molecule has 82 valence electrons. The lowest BCUT2D eigenvalue weighted by Gasteiger charge is -2.40. The number of nitrogens with zero attached hydrogens (tertiary/aromatic N) is 1. The van der Waals surface area contributed by atoms with E-state index < -0.39 is 0 Å². The Labute approximate surface area is 88.9 Å². The monoisotopic (exact) mass is 195 g/mol. The first-order valence-corrected chi connectivity index (χ1v) is 6.58. The Bertz CT molecular complexity index is 174. The van der Waals surface area contributed by atoms with Crippen molar-refractivity contribution in [2.45, 2.75) is 70.9 Å². The average Bonchev–Trinajstić information content (AvgIpc) is 2.50. The summed E-state index contributed by atoms with van der Waals surface area (Å²) in [7, 11) is 0. The van der Waals surface area contributed by atoms with E-state index in [0.29, 0.717) is 0 Å². The van der Waals surface area contributed by atoms with Gasteiger partial charge >= 0.3 is 0 Å². The van der Waals surface area contributed by atoms with Gasteiger partial charge in [0, 0.05) is 12.1 Å². The molecule has 2 fully saturated rings. The van der Waals surface area contributed by atoms with Crippen molar-refractivity contribution in [3.63, 3.8) is 0 Å². The quantitative estimate of drug-likeness (QED) is 0.664. The maximum atomic E-state index is 2.84. The zero-order chi connectivity index (χ0) is 9.97. The Morgan fingerprint density at radius 3 is 2.57 bits per heavy atom. The molecule has 2 atom stereocenters. The van der Waals surface area contributed by atoms with Crippen molar-refractivity contribution in [1.29, 1.82) is 0 Å². The molecule has 1 saturated carbocycles. The van der Waals surface area contributed by atoms with Gasteiger partial charge in [-0.2, -0.15) is 0 Å². The van der Waals surface area contributed by atoms with Crippen LogP contribution in [0.3, 0.4) is 0 Å². The molecule has 2 rings (SSSR count). The van der Waals surface area contributed by atoms with Crippen molar-refractivity contribution in [1.82, 2.24) is 4.90 Å². The molecule has 14 heavy (non-hydrogen) atoms. The molecule has 1 nitrogen and oxygen atoms in total. The smallest absolute Gasteiger partial charge is 0.0124 e. The van der Waals surface area contributed by atoms with Gasteiger partial charge in [0.25, 0.3) is 0 Å². The molecular weight excluding hydrogens is 170 g/mol. The van der Waals surface area contributed by atoms with Crippen molar-refractivity contribution in [2.75, 3.05) is 6.54 Å². The van der Waals surface area contributed by atoms with Gasteiger partial charge in [0.05, 0.1) is 0 Å². The van der Waals surface area contributed by atoms with Crippen LogP contribution in [0.4, 0.5) is 0 Å². The lowest BCUT2D eigenvalue weighted by Crippen LogP contribution is -2.45. The van der Waals surface area contributed by atoms with Gasteiger partial charge in [-0.15, -0.1) is 0 Å². The fraction of sp³-hybridized carbons (Fsp3) is 1.00. The van der Waals surface area contributed by atoms with Crippen LogP contribution >= 0.6 is 0 Å². The molecule has 0 amide bonds. The minimum Gasteiger partial charge on any atom is -0.297 e. The highest BCUT2D eigenvalue weighted by molar-refractivity contribution is 4.90. The van der Waals surface area contributed by atoms with E-state index in [4.69, 9.17) is 0 Å². The third-order valence-corrected chi connectivity index (χ3v) is 4.29. The Balaban J connectivity index is 1.88. The lowest BCUT2D eigenvalue weighted by atomic mass is 9.88. The van der Waals surface area contributed by atoms with Gasteiger partial charge in [-0.25, -0.2) is 0 Å². The van der Waals surface area contributed by atoms with Crippen molar-refractivity contribution in [3.8, 4) is 0 Å². The standard InChI is InChI=1S/C13H25N/c1-3-6-11(2)13-9-5-10-14(13)12-7-4-8-12/h11-13H,3-10H2,1-2H3. The molecule has 2 unspecified atom stereocenters. The zero-order valence-electron chi connectivity index (χ0n) is 9.84. The zero-order valence-corrected chi connectivity index (χ0v) is 9.84. The topological polar surface area (TPSA) is 3.24 Å². The summed E-state index contributed by atoms with van der Waals surface area (Å²) in [4.78, 5) is 2.84. The largest absolute Gasteiger partial charge is 0.297 e. The van der Waals surface area contributed by atoms with Crippen LogP contribution < -0.4 is 0 Å². The molecule has 0 aromatic carbocycles. The highest BCUT2D eigenvalue weighted by atomic mass is 15.2. The van der Waals surface area contributed by atoms with E-state index in [9.17, 15) is 0 Å². The highest BCUT2D eigenvalue weighted by Gasteiger charge is 2.35. The summed E-state index contributed by atoms with van der Waals surface area (Å²) in [6.45, 7) is 6.17. The number of likely N-dealkylation sites (tertiary alicyclic amines) is 1. The first-order chi connectivity index (χ1) is 6.83. The van der Waals surface area contributed by atoms with E-state index in [-0.39, 0.29) is 0 Å². The van der Waals surface area contributed by atoms with Gasteiger partial charge in [0.1, 0.15) is 0 Å². The van der Waals surface area contributed by atoms with Crippen molar-refractivity contribution in [2.24, 2.45) is 5.92 Å². The van der Waals surface area contributed by atoms with Crippen molar-refractivity contribution < 1.29 is 0 Å². The summed E-state index contributed by atoms with van der Waals surface area (Å²) >= 11 is 0. The molecule has 1 saturated heterocycles. The predicted octanol–water partition coefficient (Wildman–Crippen LogP) is 3.44. The summed E-state index contributed by atoms with van der Waals surface area (Å²) in [5.41, 5.74) is 0. The SMILES string of the molecule is CCCC(C)C1CCCN1C1CCC1. The van der Waals surface area contributed by atoms with E-state index in [2.05, 4.69) is 18.7 Å². The maximum absolute atomic E-state index is 2.84.